The number of nitriles is 1. The molecule has 102 valence electrons. The van der Waals surface area contributed by atoms with Crippen molar-refractivity contribution in [3.63, 3.8) is 0 Å². The smallest absolute Gasteiger partial charge is 0.196 e. The summed E-state index contributed by atoms with van der Waals surface area (Å²) in [5, 5.41) is 13.7. The summed E-state index contributed by atoms with van der Waals surface area (Å²) in [6.45, 7) is 0. The van der Waals surface area contributed by atoms with Crippen molar-refractivity contribution in [2.45, 2.75) is 0 Å². The second-order valence-corrected chi connectivity index (χ2v) is 5.21. The SMILES string of the molecule is N#C/C(=N\Nc1cccc(F)c1)c1nc2ccccc2s1. The lowest BCUT2D eigenvalue weighted by atomic mass is 10.3. The van der Waals surface area contributed by atoms with Gasteiger partial charge >= 0.3 is 0 Å². The van der Waals surface area contributed by atoms with E-state index >= 15 is 0 Å². The second kappa shape index (κ2) is 5.69. The molecule has 2 aromatic carbocycles. The lowest BCUT2D eigenvalue weighted by Crippen LogP contribution is -2.01. The molecule has 0 amide bonds. The summed E-state index contributed by atoms with van der Waals surface area (Å²) in [6.07, 6.45) is 0. The molecule has 3 rings (SSSR count). The molecule has 0 radical (unpaired) electrons. The normalized spacial score (nSPS) is 11.3. The Hall–Kier alpha value is -2.78. The van der Waals surface area contributed by atoms with Crippen LogP contribution in [0.1, 0.15) is 5.01 Å². The Bertz CT molecular complexity index is 830. The van der Waals surface area contributed by atoms with Crippen LogP contribution in [0.25, 0.3) is 10.2 Å². The third kappa shape index (κ3) is 2.88. The van der Waals surface area contributed by atoms with Crippen LogP contribution in [0.2, 0.25) is 0 Å². The molecule has 1 N–H and O–H groups in total. The number of hydrogen-bond donors (Lipinski definition) is 1. The number of benzene rings is 2. The van der Waals surface area contributed by atoms with Gasteiger partial charge in [0.05, 0.1) is 15.9 Å². The average molecular weight is 296 g/mol. The maximum atomic E-state index is 13.1. The molecular formula is C15H9FN4S. The second-order valence-electron chi connectivity index (χ2n) is 4.18. The molecule has 0 unspecified atom stereocenters. The quantitative estimate of drug-likeness (QED) is 0.591. The van der Waals surface area contributed by atoms with E-state index in [-0.39, 0.29) is 11.5 Å². The molecule has 1 aromatic heterocycles. The maximum absolute atomic E-state index is 13.1. The molecule has 0 fully saturated rings. The number of halogens is 1. The zero-order valence-electron chi connectivity index (χ0n) is 10.7. The van der Waals surface area contributed by atoms with Crippen molar-refractivity contribution in [3.05, 3.63) is 59.4 Å². The fourth-order valence-corrected chi connectivity index (χ4v) is 2.68. The Morgan fingerprint density at radius 2 is 2.10 bits per heavy atom. The highest BCUT2D eigenvalue weighted by molar-refractivity contribution is 7.20. The van der Waals surface area contributed by atoms with Gasteiger partial charge in [0, 0.05) is 0 Å². The Morgan fingerprint density at radius 1 is 1.24 bits per heavy atom. The lowest BCUT2D eigenvalue weighted by Gasteiger charge is -2.00. The molecule has 0 aliphatic rings. The predicted octanol–water partition coefficient (Wildman–Crippen LogP) is 3.78. The Morgan fingerprint density at radius 3 is 2.86 bits per heavy atom. The zero-order chi connectivity index (χ0) is 14.7. The van der Waals surface area contributed by atoms with Crippen LogP contribution in [0.4, 0.5) is 10.1 Å². The van der Waals surface area contributed by atoms with Gasteiger partial charge in [0.2, 0.25) is 0 Å². The van der Waals surface area contributed by atoms with Gasteiger partial charge in [-0.25, -0.2) is 9.37 Å². The standard InChI is InChI=1S/C15H9FN4S/c16-10-4-3-5-11(8-10)19-20-13(9-17)15-18-12-6-1-2-7-14(12)21-15/h1-8,19H/b20-13+. The average Bonchev–Trinajstić information content (AvgIpc) is 2.91. The van der Waals surface area contributed by atoms with Crippen molar-refractivity contribution >= 4 is 33.0 Å². The van der Waals surface area contributed by atoms with Crippen LogP contribution in [0.5, 0.6) is 0 Å². The van der Waals surface area contributed by atoms with Gasteiger partial charge in [-0.3, -0.25) is 5.43 Å². The molecule has 0 bridgehead atoms. The number of thiazole rings is 1. The molecule has 0 aliphatic carbocycles. The summed E-state index contributed by atoms with van der Waals surface area (Å²) in [6, 6.07) is 15.5. The Labute approximate surface area is 124 Å². The number of fused-ring (bicyclic) bond motifs is 1. The minimum atomic E-state index is -0.367. The van der Waals surface area contributed by atoms with E-state index in [9.17, 15) is 9.65 Å². The van der Waals surface area contributed by atoms with Crippen LogP contribution in [-0.2, 0) is 0 Å². The predicted molar refractivity (Wildman–Crippen MR) is 81.8 cm³/mol. The molecular weight excluding hydrogens is 287 g/mol. The number of aromatic nitrogens is 1. The molecule has 0 aliphatic heterocycles. The van der Waals surface area contributed by atoms with Crippen LogP contribution in [0.15, 0.2) is 53.6 Å². The van der Waals surface area contributed by atoms with Crippen molar-refractivity contribution < 1.29 is 4.39 Å². The van der Waals surface area contributed by atoms with E-state index in [4.69, 9.17) is 0 Å². The number of nitrogens with zero attached hydrogens (tertiary/aromatic N) is 3. The summed E-state index contributed by atoms with van der Waals surface area (Å²) in [5.74, 6) is -0.367. The van der Waals surface area contributed by atoms with E-state index in [0.717, 1.165) is 10.2 Å². The third-order valence-corrected chi connectivity index (χ3v) is 3.77. The molecule has 3 aromatic rings. The fourth-order valence-electron chi connectivity index (χ4n) is 1.77. The summed E-state index contributed by atoms with van der Waals surface area (Å²) >= 11 is 1.39. The van der Waals surface area contributed by atoms with Crippen molar-refractivity contribution in [2.24, 2.45) is 5.10 Å². The molecule has 0 saturated carbocycles. The minimum absolute atomic E-state index is 0.167. The third-order valence-electron chi connectivity index (χ3n) is 2.72. The zero-order valence-corrected chi connectivity index (χ0v) is 11.6. The van der Waals surface area contributed by atoms with Gasteiger partial charge in [0.1, 0.15) is 11.9 Å². The van der Waals surface area contributed by atoms with Crippen molar-refractivity contribution in [3.8, 4) is 6.07 Å². The minimum Gasteiger partial charge on any atom is -0.277 e. The van der Waals surface area contributed by atoms with E-state index in [1.807, 2.05) is 30.3 Å². The van der Waals surface area contributed by atoms with Crippen LogP contribution in [-0.4, -0.2) is 10.7 Å². The van der Waals surface area contributed by atoms with E-state index in [1.54, 1.807) is 12.1 Å². The number of rotatable bonds is 3. The molecule has 4 nitrogen and oxygen atoms in total. The van der Waals surface area contributed by atoms with Crippen molar-refractivity contribution in [2.75, 3.05) is 5.43 Å². The molecule has 0 spiro atoms. The highest BCUT2D eigenvalue weighted by Gasteiger charge is 2.09. The van der Waals surface area contributed by atoms with E-state index in [2.05, 4.69) is 15.5 Å². The first-order valence-electron chi connectivity index (χ1n) is 6.11. The highest BCUT2D eigenvalue weighted by Crippen LogP contribution is 2.22. The van der Waals surface area contributed by atoms with Crippen LogP contribution in [0.3, 0.4) is 0 Å². The van der Waals surface area contributed by atoms with Crippen molar-refractivity contribution in [1.82, 2.24) is 4.98 Å². The monoisotopic (exact) mass is 296 g/mol. The molecule has 0 saturated heterocycles. The summed E-state index contributed by atoms with van der Waals surface area (Å²) < 4.78 is 14.1. The molecule has 21 heavy (non-hydrogen) atoms. The molecule has 0 atom stereocenters. The van der Waals surface area contributed by atoms with Crippen molar-refractivity contribution in [1.29, 1.82) is 5.26 Å². The summed E-state index contributed by atoms with van der Waals surface area (Å²) in [4.78, 5) is 4.36. The topological polar surface area (TPSA) is 61.1 Å². The number of para-hydroxylation sites is 1. The molecule has 1 heterocycles. The summed E-state index contributed by atoms with van der Waals surface area (Å²) in [5.41, 5.74) is 4.14. The van der Waals surface area contributed by atoms with Gasteiger partial charge in [-0.05, 0) is 30.3 Å². The number of nitrogens with one attached hydrogen (secondary N) is 1. The summed E-state index contributed by atoms with van der Waals surface area (Å²) in [7, 11) is 0. The Kier molecular flexibility index (Phi) is 3.58. The van der Waals surface area contributed by atoms with Gasteiger partial charge in [0.15, 0.2) is 10.7 Å². The lowest BCUT2D eigenvalue weighted by molar-refractivity contribution is 0.628. The van der Waals surface area contributed by atoms with Crippen LogP contribution >= 0.6 is 11.3 Å². The van der Waals surface area contributed by atoms with E-state index < -0.39 is 0 Å². The number of hydrazone groups is 1. The first-order chi connectivity index (χ1) is 10.3. The van der Waals surface area contributed by atoms with E-state index in [0.29, 0.717) is 10.7 Å². The first-order valence-corrected chi connectivity index (χ1v) is 6.93. The van der Waals surface area contributed by atoms with Gasteiger partial charge in [0.25, 0.3) is 0 Å². The number of anilines is 1. The van der Waals surface area contributed by atoms with Gasteiger partial charge in [-0.2, -0.15) is 10.4 Å². The van der Waals surface area contributed by atoms with Gasteiger partial charge in [-0.15, -0.1) is 11.3 Å². The Balaban J connectivity index is 1.91. The fraction of sp³-hybridized carbons (Fsp3) is 0. The van der Waals surface area contributed by atoms with E-state index in [1.165, 1.54) is 23.5 Å². The first kappa shape index (κ1) is 13.2. The highest BCUT2D eigenvalue weighted by atomic mass is 32.1. The maximum Gasteiger partial charge on any atom is 0.196 e. The van der Waals surface area contributed by atoms with Gasteiger partial charge in [-0.1, -0.05) is 18.2 Å². The largest absolute Gasteiger partial charge is 0.277 e. The molecule has 6 heteroatoms. The van der Waals surface area contributed by atoms with Crippen LogP contribution < -0.4 is 5.43 Å². The van der Waals surface area contributed by atoms with Gasteiger partial charge < -0.3 is 0 Å². The van der Waals surface area contributed by atoms with Crippen LogP contribution in [0, 0.1) is 17.1 Å². The number of hydrogen-bond acceptors (Lipinski definition) is 5.